The number of anilines is 1. The number of hydrogen-bond acceptors (Lipinski definition) is 7. The van der Waals surface area contributed by atoms with Crippen LogP contribution in [0.3, 0.4) is 0 Å². The van der Waals surface area contributed by atoms with Gasteiger partial charge < -0.3 is 10.2 Å². The van der Waals surface area contributed by atoms with Crippen LogP contribution in [-0.4, -0.2) is 69.2 Å². The Balaban J connectivity index is 1.18. The van der Waals surface area contributed by atoms with E-state index in [1.54, 1.807) is 11.3 Å². The smallest absolute Gasteiger partial charge is 0.221 e. The van der Waals surface area contributed by atoms with Crippen molar-refractivity contribution in [2.45, 2.75) is 18.2 Å². The van der Waals surface area contributed by atoms with Gasteiger partial charge in [0, 0.05) is 50.7 Å². The lowest BCUT2D eigenvalue weighted by atomic mass is 10.2. The number of thiazole rings is 1. The summed E-state index contributed by atoms with van der Waals surface area (Å²) >= 11 is 7.53. The number of fused-ring (bicyclic) bond motifs is 1. The standard InChI is InChI=1S/C23H27ClN4O3S2/c1-17-3-2-4-20-22(17)26-23(32-20)28-14-12-27(13-15-28)11-10-25-21(29)9-16-33(30,31)19-7-5-18(24)6-8-19/h2-8H,9-16H2,1H3,(H,25,29). The van der Waals surface area contributed by atoms with Gasteiger partial charge in [-0.2, -0.15) is 0 Å². The molecule has 10 heteroatoms. The number of rotatable bonds is 8. The molecule has 7 nitrogen and oxygen atoms in total. The first-order chi connectivity index (χ1) is 15.8. The number of amides is 1. The van der Waals surface area contributed by atoms with E-state index in [2.05, 4.69) is 40.2 Å². The molecule has 33 heavy (non-hydrogen) atoms. The van der Waals surface area contributed by atoms with Gasteiger partial charge in [0.25, 0.3) is 0 Å². The second kappa shape index (κ2) is 10.4. The van der Waals surface area contributed by atoms with E-state index >= 15 is 0 Å². The molecule has 3 aromatic rings. The van der Waals surface area contributed by atoms with Crippen molar-refractivity contribution in [3.63, 3.8) is 0 Å². The number of aromatic nitrogens is 1. The summed E-state index contributed by atoms with van der Waals surface area (Å²) in [6, 6.07) is 12.3. The molecule has 1 saturated heterocycles. The quantitative estimate of drug-likeness (QED) is 0.504. The second-order valence-electron chi connectivity index (χ2n) is 8.12. The number of benzene rings is 2. The van der Waals surface area contributed by atoms with Crippen LogP contribution < -0.4 is 10.2 Å². The number of carbonyl (C=O) groups excluding carboxylic acids is 1. The normalized spacial score (nSPS) is 15.2. The van der Waals surface area contributed by atoms with Gasteiger partial charge in [-0.25, -0.2) is 13.4 Å². The molecule has 1 aliphatic rings. The maximum absolute atomic E-state index is 12.4. The molecule has 1 aliphatic heterocycles. The highest BCUT2D eigenvalue weighted by Crippen LogP contribution is 2.30. The summed E-state index contributed by atoms with van der Waals surface area (Å²) in [6.45, 7) is 6.91. The Labute approximate surface area is 203 Å². The minimum Gasteiger partial charge on any atom is -0.355 e. The summed E-state index contributed by atoms with van der Waals surface area (Å²) in [5.41, 5.74) is 2.28. The average molecular weight is 507 g/mol. The van der Waals surface area contributed by atoms with Crippen molar-refractivity contribution in [1.82, 2.24) is 15.2 Å². The zero-order chi connectivity index (χ0) is 23.4. The fourth-order valence-electron chi connectivity index (χ4n) is 3.80. The zero-order valence-electron chi connectivity index (χ0n) is 18.5. The van der Waals surface area contributed by atoms with E-state index in [0.717, 1.165) is 43.4 Å². The van der Waals surface area contributed by atoms with E-state index < -0.39 is 9.84 Å². The van der Waals surface area contributed by atoms with E-state index in [0.29, 0.717) is 11.6 Å². The molecule has 0 radical (unpaired) electrons. The summed E-state index contributed by atoms with van der Waals surface area (Å²) in [5.74, 6) is -0.475. The molecule has 1 fully saturated rings. The van der Waals surface area contributed by atoms with E-state index in [9.17, 15) is 13.2 Å². The van der Waals surface area contributed by atoms with Gasteiger partial charge in [-0.3, -0.25) is 9.69 Å². The summed E-state index contributed by atoms with van der Waals surface area (Å²) in [4.78, 5) is 21.8. The number of piperazine rings is 1. The molecular formula is C23H27ClN4O3S2. The third-order valence-electron chi connectivity index (χ3n) is 5.77. The Morgan fingerprint density at radius 2 is 1.85 bits per heavy atom. The van der Waals surface area contributed by atoms with Gasteiger partial charge >= 0.3 is 0 Å². The van der Waals surface area contributed by atoms with Gasteiger partial charge in [-0.15, -0.1) is 0 Å². The first kappa shape index (κ1) is 23.9. The van der Waals surface area contributed by atoms with Crippen molar-refractivity contribution >= 4 is 54.0 Å². The summed E-state index contributed by atoms with van der Waals surface area (Å²) < 4.78 is 25.9. The lowest BCUT2D eigenvalue weighted by Crippen LogP contribution is -2.48. The van der Waals surface area contributed by atoms with Crippen molar-refractivity contribution in [2.24, 2.45) is 0 Å². The molecule has 1 amide bonds. The Morgan fingerprint density at radius 3 is 2.55 bits per heavy atom. The maximum Gasteiger partial charge on any atom is 0.221 e. The van der Waals surface area contributed by atoms with E-state index in [-0.39, 0.29) is 23.0 Å². The highest BCUT2D eigenvalue weighted by Gasteiger charge is 2.20. The Bertz CT molecular complexity index is 1220. The number of carbonyl (C=O) groups is 1. The van der Waals surface area contributed by atoms with Gasteiger partial charge in [0.2, 0.25) is 5.91 Å². The minimum absolute atomic E-state index is 0.0598. The van der Waals surface area contributed by atoms with Crippen LogP contribution in [0.25, 0.3) is 10.2 Å². The van der Waals surface area contributed by atoms with E-state index in [1.807, 2.05) is 0 Å². The Morgan fingerprint density at radius 1 is 1.12 bits per heavy atom. The molecule has 0 spiro atoms. The first-order valence-electron chi connectivity index (χ1n) is 10.9. The predicted octanol–water partition coefficient (Wildman–Crippen LogP) is 3.36. The van der Waals surface area contributed by atoms with Crippen LogP contribution in [-0.2, 0) is 14.6 Å². The fourth-order valence-corrected chi connectivity index (χ4v) is 6.26. The average Bonchev–Trinajstić information content (AvgIpc) is 3.24. The molecule has 4 rings (SSSR count). The van der Waals surface area contributed by atoms with Crippen LogP contribution >= 0.6 is 22.9 Å². The van der Waals surface area contributed by atoms with Gasteiger partial charge in [0.15, 0.2) is 15.0 Å². The lowest BCUT2D eigenvalue weighted by molar-refractivity contribution is -0.120. The summed E-state index contributed by atoms with van der Waals surface area (Å²) in [7, 11) is -3.50. The highest BCUT2D eigenvalue weighted by molar-refractivity contribution is 7.91. The molecule has 0 aliphatic carbocycles. The molecular weight excluding hydrogens is 480 g/mol. The van der Waals surface area contributed by atoms with Crippen LogP contribution in [0.4, 0.5) is 5.13 Å². The number of para-hydroxylation sites is 1. The number of nitrogens with one attached hydrogen (secondary N) is 1. The van der Waals surface area contributed by atoms with Gasteiger partial charge in [-0.1, -0.05) is 35.1 Å². The molecule has 1 N–H and O–H groups in total. The third-order valence-corrected chi connectivity index (χ3v) is 8.84. The lowest BCUT2D eigenvalue weighted by Gasteiger charge is -2.34. The molecule has 2 aromatic carbocycles. The third kappa shape index (κ3) is 6.03. The van der Waals surface area contributed by atoms with Crippen LogP contribution in [0.2, 0.25) is 5.02 Å². The Kier molecular flexibility index (Phi) is 7.53. The second-order valence-corrected chi connectivity index (χ2v) is 11.7. The SMILES string of the molecule is Cc1cccc2sc(N3CCN(CCNC(=O)CCS(=O)(=O)c4ccc(Cl)cc4)CC3)nc12. The van der Waals surface area contributed by atoms with Crippen molar-refractivity contribution in [1.29, 1.82) is 0 Å². The topological polar surface area (TPSA) is 82.6 Å². The highest BCUT2D eigenvalue weighted by atomic mass is 35.5. The predicted molar refractivity (Wildman–Crippen MR) is 134 cm³/mol. The largest absolute Gasteiger partial charge is 0.355 e. The van der Waals surface area contributed by atoms with E-state index in [4.69, 9.17) is 16.6 Å². The molecule has 2 heterocycles. The molecule has 0 saturated carbocycles. The van der Waals surface area contributed by atoms with Crippen molar-refractivity contribution in [3.8, 4) is 0 Å². The van der Waals surface area contributed by atoms with E-state index in [1.165, 1.54) is 34.5 Å². The minimum atomic E-state index is -3.50. The van der Waals surface area contributed by atoms with Crippen LogP contribution in [0.1, 0.15) is 12.0 Å². The van der Waals surface area contributed by atoms with Crippen LogP contribution in [0.5, 0.6) is 0 Å². The number of hydrogen-bond donors (Lipinski definition) is 1. The summed E-state index contributed by atoms with van der Waals surface area (Å²) in [6.07, 6.45) is -0.0598. The molecule has 0 bridgehead atoms. The van der Waals surface area contributed by atoms with Crippen LogP contribution in [0, 0.1) is 6.92 Å². The van der Waals surface area contributed by atoms with Gasteiger partial charge in [0.1, 0.15) is 0 Å². The molecule has 176 valence electrons. The van der Waals surface area contributed by atoms with Crippen molar-refractivity contribution in [2.75, 3.05) is 49.9 Å². The zero-order valence-corrected chi connectivity index (χ0v) is 20.8. The molecule has 1 aromatic heterocycles. The number of sulfone groups is 1. The Hall–Kier alpha value is -2.20. The number of nitrogens with zero attached hydrogens (tertiary/aromatic N) is 3. The first-order valence-corrected chi connectivity index (χ1v) is 13.7. The fraction of sp³-hybridized carbons (Fsp3) is 0.391. The van der Waals surface area contributed by atoms with Crippen molar-refractivity contribution in [3.05, 3.63) is 53.1 Å². The summed E-state index contributed by atoms with van der Waals surface area (Å²) in [5, 5.41) is 4.38. The molecule has 0 atom stereocenters. The van der Waals surface area contributed by atoms with Crippen LogP contribution in [0.15, 0.2) is 47.4 Å². The number of aryl methyl sites for hydroxylation is 1. The molecule has 0 unspecified atom stereocenters. The van der Waals surface area contributed by atoms with Gasteiger partial charge in [0.05, 0.1) is 20.9 Å². The van der Waals surface area contributed by atoms with Gasteiger partial charge in [-0.05, 0) is 42.8 Å². The monoisotopic (exact) mass is 506 g/mol. The van der Waals surface area contributed by atoms with Crippen molar-refractivity contribution < 1.29 is 13.2 Å². The maximum atomic E-state index is 12.4. The number of halogens is 1.